The number of amides is 1. The molecule has 1 aromatic carbocycles. The molecule has 212 valence electrons. The van der Waals surface area contributed by atoms with E-state index in [4.69, 9.17) is 21.1 Å². The minimum Gasteiger partial charge on any atom is -0.496 e. The highest BCUT2D eigenvalue weighted by molar-refractivity contribution is 7.75. The molecule has 2 aliphatic heterocycles. The van der Waals surface area contributed by atoms with Gasteiger partial charge in [-0.05, 0) is 91.7 Å². The first-order chi connectivity index (χ1) is 18.9. The monoisotopic (exact) mass is 572 g/mol. The third-order valence-electron chi connectivity index (χ3n) is 8.73. The number of carbonyl (C=O) groups is 1. The van der Waals surface area contributed by atoms with Gasteiger partial charge in [-0.3, -0.25) is 13.9 Å². The second kappa shape index (κ2) is 13.2. The average molecular weight is 573 g/mol. The molecular weight excluding hydrogens is 532 g/mol. The number of benzene rings is 1. The Morgan fingerprint density at radius 1 is 1.18 bits per heavy atom. The van der Waals surface area contributed by atoms with Gasteiger partial charge in [-0.15, -0.1) is 0 Å². The van der Waals surface area contributed by atoms with Crippen molar-refractivity contribution in [1.29, 1.82) is 0 Å². The molecule has 6 nitrogen and oxygen atoms in total. The van der Waals surface area contributed by atoms with Gasteiger partial charge in [0, 0.05) is 53.6 Å². The molecular formula is C31H41ClN2O4S. The zero-order valence-electron chi connectivity index (χ0n) is 23.1. The van der Waals surface area contributed by atoms with E-state index in [2.05, 4.69) is 40.5 Å². The number of aryl methyl sites for hydroxylation is 1. The second-order valence-corrected chi connectivity index (χ2v) is 13.2. The quantitative estimate of drug-likeness (QED) is 0.335. The number of halogens is 1. The molecule has 0 spiro atoms. The molecule has 8 heteroatoms. The molecule has 1 fully saturated rings. The van der Waals surface area contributed by atoms with Crippen molar-refractivity contribution in [2.24, 2.45) is 22.1 Å². The van der Waals surface area contributed by atoms with Crippen LogP contribution in [-0.2, 0) is 37.8 Å². The van der Waals surface area contributed by atoms with Crippen molar-refractivity contribution in [3.05, 3.63) is 70.0 Å². The van der Waals surface area contributed by atoms with E-state index in [1.165, 1.54) is 11.1 Å². The van der Waals surface area contributed by atoms with Crippen molar-refractivity contribution in [2.75, 3.05) is 26.0 Å². The first-order valence-corrected chi connectivity index (χ1v) is 16.1. The third kappa shape index (κ3) is 7.05. The Balaban J connectivity index is 1.54. The third-order valence-corrected chi connectivity index (χ3v) is 10.3. The molecule has 6 atom stereocenters. The van der Waals surface area contributed by atoms with Gasteiger partial charge in [0.2, 0.25) is 0 Å². The Labute approximate surface area is 239 Å². The van der Waals surface area contributed by atoms with E-state index >= 15 is 0 Å². The van der Waals surface area contributed by atoms with Crippen LogP contribution < -0.4 is 0 Å². The number of rotatable bonds is 1. The summed E-state index contributed by atoms with van der Waals surface area (Å²) in [5.41, 5.74) is 3.17. The topological polar surface area (TPSA) is 68.2 Å². The normalized spacial score (nSPS) is 33.9. The zero-order chi connectivity index (χ0) is 27.4. The van der Waals surface area contributed by atoms with E-state index in [1.54, 1.807) is 7.11 Å². The van der Waals surface area contributed by atoms with Gasteiger partial charge in [0.15, 0.2) is 0 Å². The van der Waals surface area contributed by atoms with Gasteiger partial charge in [-0.1, -0.05) is 36.7 Å². The van der Waals surface area contributed by atoms with E-state index in [1.807, 2.05) is 18.2 Å². The highest BCUT2D eigenvalue weighted by atomic mass is 35.5. The van der Waals surface area contributed by atoms with Crippen LogP contribution in [0.5, 0.6) is 0 Å². The fourth-order valence-corrected chi connectivity index (χ4v) is 7.63. The lowest BCUT2D eigenvalue weighted by atomic mass is 9.70. The van der Waals surface area contributed by atoms with Crippen molar-refractivity contribution in [3.63, 3.8) is 0 Å². The van der Waals surface area contributed by atoms with Crippen LogP contribution in [0.25, 0.3) is 0 Å². The molecule has 2 bridgehead atoms. The summed E-state index contributed by atoms with van der Waals surface area (Å²) in [5, 5.41) is 0.765. The summed E-state index contributed by atoms with van der Waals surface area (Å²) in [6.45, 7) is 4.33. The van der Waals surface area contributed by atoms with Crippen LogP contribution in [0.4, 0.5) is 0 Å². The van der Waals surface area contributed by atoms with E-state index in [9.17, 15) is 9.00 Å². The SMILES string of the molecule is CO[C@H]1/C=C/C[C@H](C)C/[SH](=O)=N\C(=O)C2=CC=C3OCCCCc4cc(Cl)ccc4CN(C[C@@H]4CC[C@H]41)C3C2. The molecule has 2 aliphatic carbocycles. The maximum Gasteiger partial charge on any atom is 0.280 e. The van der Waals surface area contributed by atoms with Gasteiger partial charge in [-0.25, -0.2) is 0 Å². The molecule has 5 rings (SSSR count). The predicted octanol–water partition coefficient (Wildman–Crippen LogP) is 5.91. The van der Waals surface area contributed by atoms with Crippen LogP contribution in [-0.4, -0.2) is 53.2 Å². The van der Waals surface area contributed by atoms with Crippen LogP contribution in [0.15, 0.2) is 58.2 Å². The largest absolute Gasteiger partial charge is 0.496 e. The number of fused-ring (bicyclic) bond motifs is 3. The van der Waals surface area contributed by atoms with Gasteiger partial charge in [-0.2, -0.15) is 4.36 Å². The first-order valence-electron chi connectivity index (χ1n) is 14.4. The number of ether oxygens (including phenoxy) is 2. The Morgan fingerprint density at radius 3 is 2.85 bits per heavy atom. The lowest BCUT2D eigenvalue weighted by molar-refractivity contribution is -0.114. The minimum atomic E-state index is -1.96. The molecule has 0 aromatic heterocycles. The van der Waals surface area contributed by atoms with Gasteiger partial charge >= 0.3 is 0 Å². The summed E-state index contributed by atoms with van der Waals surface area (Å²) < 4.78 is 29.2. The molecule has 2 heterocycles. The van der Waals surface area contributed by atoms with Gasteiger partial charge in [0.25, 0.3) is 5.91 Å². The number of nitrogens with zero attached hydrogens (tertiary/aromatic N) is 2. The van der Waals surface area contributed by atoms with Crippen molar-refractivity contribution < 1.29 is 18.5 Å². The fourth-order valence-electron chi connectivity index (χ4n) is 6.34. The van der Waals surface area contributed by atoms with E-state index in [0.717, 1.165) is 62.4 Å². The Bertz CT molecular complexity index is 1230. The Kier molecular flexibility index (Phi) is 9.65. The van der Waals surface area contributed by atoms with Crippen LogP contribution in [0.2, 0.25) is 5.02 Å². The van der Waals surface area contributed by atoms with Gasteiger partial charge in [0.1, 0.15) is 5.76 Å². The molecule has 1 saturated carbocycles. The highest BCUT2D eigenvalue weighted by Crippen LogP contribution is 2.41. The molecule has 0 radical (unpaired) electrons. The number of carbonyl (C=O) groups excluding carboxylic acids is 1. The molecule has 4 aliphatic rings. The molecule has 0 saturated heterocycles. The Hall–Kier alpha value is -1.93. The molecule has 1 aromatic rings. The van der Waals surface area contributed by atoms with Crippen molar-refractivity contribution in [2.45, 2.75) is 70.6 Å². The van der Waals surface area contributed by atoms with Crippen LogP contribution >= 0.6 is 11.6 Å². The van der Waals surface area contributed by atoms with Crippen molar-refractivity contribution in [1.82, 2.24) is 4.90 Å². The maximum atomic E-state index is 13.2. The van der Waals surface area contributed by atoms with E-state index in [-0.39, 0.29) is 24.0 Å². The summed E-state index contributed by atoms with van der Waals surface area (Å²) in [7, 11) is -0.162. The predicted molar refractivity (Wildman–Crippen MR) is 157 cm³/mol. The maximum absolute atomic E-state index is 13.2. The summed E-state index contributed by atoms with van der Waals surface area (Å²) in [6, 6.07) is 6.15. The summed E-state index contributed by atoms with van der Waals surface area (Å²) in [6.07, 6.45) is 14.7. The van der Waals surface area contributed by atoms with Crippen molar-refractivity contribution in [3.8, 4) is 0 Å². The number of methoxy groups -OCH3 is 1. The smallest absolute Gasteiger partial charge is 0.280 e. The average Bonchev–Trinajstić information content (AvgIpc) is 2.92. The number of thiol groups is 1. The number of allylic oxidation sites excluding steroid dienone is 3. The zero-order valence-corrected chi connectivity index (χ0v) is 24.7. The van der Waals surface area contributed by atoms with Crippen LogP contribution in [0.3, 0.4) is 0 Å². The summed E-state index contributed by atoms with van der Waals surface area (Å²) in [5.74, 6) is 2.05. The van der Waals surface area contributed by atoms with Crippen LogP contribution in [0.1, 0.15) is 56.6 Å². The second-order valence-electron chi connectivity index (χ2n) is 11.5. The Morgan fingerprint density at radius 2 is 2.05 bits per heavy atom. The lowest BCUT2D eigenvalue weighted by Gasteiger charge is -2.45. The van der Waals surface area contributed by atoms with E-state index in [0.29, 0.717) is 36.2 Å². The molecule has 0 N–H and O–H groups in total. The standard InChI is InChI=1S/C31H41ClN2O4S/c1-21-6-5-8-29(37-2)27-13-10-25(27)19-34-18-24-9-12-26(32)16-22(24)7-3-4-15-38-30-14-11-23(17-28(30)34)31(35)33-39(36)20-21/h5,8-9,11-12,14,16,21,25,27-29,39H,3-4,6-7,10,13,15,17-20H2,1-2H3/b8-5+/t21-,25-,27+,28?,29-/m0/s1. The number of hydrogen-bond donors (Lipinski definition) is 1. The molecule has 2 unspecified atom stereocenters. The summed E-state index contributed by atoms with van der Waals surface area (Å²) in [4.78, 5) is 15.7. The summed E-state index contributed by atoms with van der Waals surface area (Å²) >= 11 is 6.41. The van der Waals surface area contributed by atoms with E-state index < -0.39 is 10.6 Å². The minimum absolute atomic E-state index is 0.0620. The molecule has 39 heavy (non-hydrogen) atoms. The number of hydrogen-bond acceptors (Lipinski definition) is 5. The highest BCUT2D eigenvalue weighted by Gasteiger charge is 2.40. The van der Waals surface area contributed by atoms with Crippen molar-refractivity contribution >= 4 is 28.1 Å². The lowest BCUT2D eigenvalue weighted by Crippen LogP contribution is -2.47. The molecule has 1 amide bonds. The van der Waals surface area contributed by atoms with Gasteiger partial charge in [0.05, 0.1) is 18.8 Å². The van der Waals surface area contributed by atoms with Gasteiger partial charge < -0.3 is 9.47 Å². The first kappa shape index (κ1) is 28.6. The van der Waals surface area contributed by atoms with Crippen LogP contribution in [0, 0.1) is 17.8 Å². The fraction of sp³-hybridized carbons (Fsp3) is 0.581.